The summed E-state index contributed by atoms with van der Waals surface area (Å²) < 4.78 is 30.6. The third-order valence-corrected chi connectivity index (χ3v) is 5.26. The van der Waals surface area contributed by atoms with Crippen LogP contribution in [0.1, 0.15) is 5.56 Å². The van der Waals surface area contributed by atoms with E-state index in [-0.39, 0.29) is 16.4 Å². The highest BCUT2D eigenvalue weighted by molar-refractivity contribution is 7.92. The van der Waals surface area contributed by atoms with Crippen molar-refractivity contribution >= 4 is 26.9 Å². The van der Waals surface area contributed by atoms with E-state index in [9.17, 15) is 13.2 Å². The van der Waals surface area contributed by atoms with Crippen molar-refractivity contribution < 1.29 is 8.42 Å². The Labute approximate surface area is 133 Å². The second-order valence-electron chi connectivity index (χ2n) is 5.33. The van der Waals surface area contributed by atoms with E-state index in [1.165, 1.54) is 21.4 Å². The van der Waals surface area contributed by atoms with Crippen LogP contribution < -0.4 is 10.4 Å². The van der Waals surface area contributed by atoms with Crippen molar-refractivity contribution in [2.45, 2.75) is 11.8 Å². The number of rotatable bonds is 3. The number of benzene rings is 1. The molecule has 0 bridgehead atoms. The number of aromatic nitrogens is 3. The summed E-state index contributed by atoms with van der Waals surface area (Å²) in [7, 11) is -0.522. The smallest absolute Gasteiger partial charge is 0.295 e. The molecule has 2 heterocycles. The standard InChI is InChI=1S/C15H16N4O3S/c1-10-8-11-12(19(3)15(20)18(11)2)9-13(10)23(21,22)17-14-6-4-5-7-16-14/h4-9H,1-3H3,(H,16,17). The maximum absolute atomic E-state index is 12.6. The van der Waals surface area contributed by atoms with Crippen LogP contribution in [0.3, 0.4) is 0 Å². The van der Waals surface area contributed by atoms with Crippen molar-refractivity contribution in [1.29, 1.82) is 0 Å². The molecule has 7 nitrogen and oxygen atoms in total. The first-order valence-corrected chi connectivity index (χ1v) is 8.39. The molecule has 0 amide bonds. The molecule has 0 radical (unpaired) electrons. The summed E-state index contributed by atoms with van der Waals surface area (Å²) in [4.78, 5) is 16.1. The van der Waals surface area contributed by atoms with Gasteiger partial charge in [-0.05, 0) is 36.8 Å². The normalized spacial score (nSPS) is 11.8. The molecule has 3 aromatic rings. The predicted octanol–water partition coefficient (Wildman–Crippen LogP) is 1.38. The fourth-order valence-electron chi connectivity index (χ4n) is 2.54. The van der Waals surface area contributed by atoms with Crippen LogP contribution in [0.4, 0.5) is 5.82 Å². The summed E-state index contributed by atoms with van der Waals surface area (Å²) in [5.74, 6) is 0.244. The van der Waals surface area contributed by atoms with E-state index in [0.717, 1.165) is 0 Å². The van der Waals surface area contributed by atoms with Crippen LogP contribution in [0, 0.1) is 6.92 Å². The molecule has 0 aliphatic heterocycles. The van der Waals surface area contributed by atoms with Gasteiger partial charge in [-0.3, -0.25) is 13.9 Å². The van der Waals surface area contributed by atoms with E-state index in [0.29, 0.717) is 16.6 Å². The number of fused-ring (bicyclic) bond motifs is 1. The molecule has 3 rings (SSSR count). The van der Waals surface area contributed by atoms with E-state index in [4.69, 9.17) is 0 Å². The van der Waals surface area contributed by atoms with E-state index in [1.54, 1.807) is 45.3 Å². The zero-order valence-corrected chi connectivity index (χ0v) is 13.8. The second kappa shape index (κ2) is 5.24. The molecule has 0 saturated carbocycles. The molecule has 0 fully saturated rings. The van der Waals surface area contributed by atoms with Gasteiger partial charge >= 0.3 is 5.69 Å². The number of nitrogens with one attached hydrogen (secondary N) is 1. The Balaban J connectivity index is 2.18. The largest absolute Gasteiger partial charge is 0.328 e. The second-order valence-corrected chi connectivity index (χ2v) is 6.98. The molecule has 1 N–H and O–H groups in total. The minimum Gasteiger partial charge on any atom is -0.295 e. The van der Waals surface area contributed by atoms with Crippen molar-refractivity contribution in [2.75, 3.05) is 4.72 Å². The van der Waals surface area contributed by atoms with Gasteiger partial charge < -0.3 is 0 Å². The third-order valence-electron chi connectivity index (χ3n) is 3.76. The van der Waals surface area contributed by atoms with Gasteiger partial charge in [0.15, 0.2) is 0 Å². The molecule has 120 valence electrons. The molecular weight excluding hydrogens is 316 g/mol. The van der Waals surface area contributed by atoms with Crippen molar-refractivity contribution in [1.82, 2.24) is 14.1 Å². The molecule has 0 aliphatic rings. The zero-order chi connectivity index (χ0) is 16.8. The lowest BCUT2D eigenvalue weighted by Crippen LogP contribution is -2.19. The number of hydrogen-bond donors (Lipinski definition) is 1. The first kappa shape index (κ1) is 15.3. The molecule has 0 atom stereocenters. The van der Waals surface area contributed by atoms with Gasteiger partial charge in [0.05, 0.1) is 15.9 Å². The Morgan fingerprint density at radius 3 is 2.35 bits per heavy atom. The fourth-order valence-corrected chi connectivity index (χ4v) is 3.79. The zero-order valence-electron chi connectivity index (χ0n) is 12.9. The Hall–Kier alpha value is -2.61. The van der Waals surface area contributed by atoms with Gasteiger partial charge in [-0.25, -0.2) is 18.2 Å². The number of aryl methyl sites for hydroxylation is 3. The maximum Gasteiger partial charge on any atom is 0.328 e. The number of sulfonamides is 1. The van der Waals surface area contributed by atoms with Crippen molar-refractivity contribution in [3.8, 4) is 0 Å². The Bertz CT molecular complexity index is 1050. The molecule has 0 unspecified atom stereocenters. The molecule has 8 heteroatoms. The number of hydrogen-bond acceptors (Lipinski definition) is 4. The Morgan fingerprint density at radius 1 is 1.09 bits per heavy atom. The van der Waals surface area contributed by atoms with Gasteiger partial charge in [0.2, 0.25) is 0 Å². The number of imidazole rings is 1. The molecule has 0 saturated heterocycles. The first-order chi connectivity index (χ1) is 10.8. The Morgan fingerprint density at radius 2 is 1.74 bits per heavy atom. The third kappa shape index (κ3) is 2.50. The van der Waals surface area contributed by atoms with Crippen LogP contribution in [0.2, 0.25) is 0 Å². The predicted molar refractivity (Wildman–Crippen MR) is 87.9 cm³/mol. The molecule has 1 aromatic carbocycles. The molecule has 2 aromatic heterocycles. The maximum atomic E-state index is 12.6. The quantitative estimate of drug-likeness (QED) is 0.785. The summed E-state index contributed by atoms with van der Waals surface area (Å²) in [5.41, 5.74) is 1.60. The molecular formula is C15H16N4O3S. The topological polar surface area (TPSA) is 86.0 Å². The van der Waals surface area contributed by atoms with E-state index in [1.807, 2.05) is 0 Å². The summed E-state index contributed by atoms with van der Waals surface area (Å²) >= 11 is 0. The lowest BCUT2D eigenvalue weighted by atomic mass is 10.2. The van der Waals surface area contributed by atoms with Crippen LogP contribution in [0.15, 0.2) is 46.2 Å². The van der Waals surface area contributed by atoms with Gasteiger partial charge in [-0.15, -0.1) is 0 Å². The van der Waals surface area contributed by atoms with Crippen LogP contribution in [-0.2, 0) is 24.1 Å². The number of anilines is 1. The van der Waals surface area contributed by atoms with Crippen LogP contribution in [-0.4, -0.2) is 22.5 Å². The van der Waals surface area contributed by atoms with Gasteiger partial charge in [0, 0.05) is 20.3 Å². The molecule has 0 spiro atoms. The average Bonchev–Trinajstić information content (AvgIpc) is 2.71. The van der Waals surface area contributed by atoms with E-state index < -0.39 is 10.0 Å². The van der Waals surface area contributed by atoms with Crippen molar-refractivity contribution in [3.05, 3.63) is 52.6 Å². The van der Waals surface area contributed by atoms with Crippen molar-refractivity contribution in [3.63, 3.8) is 0 Å². The fraction of sp³-hybridized carbons (Fsp3) is 0.200. The molecule has 23 heavy (non-hydrogen) atoms. The lowest BCUT2D eigenvalue weighted by Gasteiger charge is -2.10. The summed E-state index contributed by atoms with van der Waals surface area (Å²) in [5, 5.41) is 0. The monoisotopic (exact) mass is 332 g/mol. The SMILES string of the molecule is Cc1cc2c(cc1S(=O)(=O)Nc1ccccn1)n(C)c(=O)n2C. The molecule has 0 aliphatic carbocycles. The van der Waals surface area contributed by atoms with Gasteiger partial charge in [-0.1, -0.05) is 6.07 Å². The minimum absolute atomic E-state index is 0.122. The number of pyridine rings is 1. The van der Waals surface area contributed by atoms with Crippen molar-refractivity contribution in [2.24, 2.45) is 14.1 Å². The van der Waals surface area contributed by atoms with Crippen LogP contribution >= 0.6 is 0 Å². The number of nitrogens with zero attached hydrogens (tertiary/aromatic N) is 3. The van der Waals surface area contributed by atoms with Crippen LogP contribution in [0.25, 0.3) is 11.0 Å². The summed E-state index contributed by atoms with van der Waals surface area (Å²) in [6.07, 6.45) is 1.51. The highest BCUT2D eigenvalue weighted by Crippen LogP contribution is 2.23. The van der Waals surface area contributed by atoms with Gasteiger partial charge in [-0.2, -0.15) is 0 Å². The summed E-state index contributed by atoms with van der Waals surface area (Å²) in [6.45, 7) is 1.70. The van der Waals surface area contributed by atoms with Gasteiger partial charge in [0.25, 0.3) is 10.0 Å². The lowest BCUT2D eigenvalue weighted by molar-refractivity contribution is 0.600. The van der Waals surface area contributed by atoms with Crippen LogP contribution in [0.5, 0.6) is 0 Å². The summed E-state index contributed by atoms with van der Waals surface area (Å²) in [6, 6.07) is 8.18. The van der Waals surface area contributed by atoms with Gasteiger partial charge in [0.1, 0.15) is 5.82 Å². The van der Waals surface area contributed by atoms with E-state index >= 15 is 0 Å². The minimum atomic E-state index is -3.79. The van der Waals surface area contributed by atoms with E-state index in [2.05, 4.69) is 9.71 Å². The first-order valence-electron chi connectivity index (χ1n) is 6.91. The highest BCUT2D eigenvalue weighted by Gasteiger charge is 2.20. The average molecular weight is 332 g/mol. The Kier molecular flexibility index (Phi) is 3.48. The highest BCUT2D eigenvalue weighted by atomic mass is 32.2.